The minimum atomic E-state index is -0.464. The zero-order valence-electron chi connectivity index (χ0n) is 11.3. The van der Waals surface area contributed by atoms with Gasteiger partial charge in [0.05, 0.1) is 0 Å². The van der Waals surface area contributed by atoms with Crippen LogP contribution < -0.4 is 0 Å². The maximum absolute atomic E-state index is 11.5. The predicted octanol–water partition coefficient (Wildman–Crippen LogP) is 1.98. The summed E-state index contributed by atoms with van der Waals surface area (Å²) >= 11 is 0. The molecule has 0 aromatic heterocycles. The third-order valence-corrected chi connectivity index (χ3v) is 3.60. The molecule has 98 valence electrons. The Kier molecular flexibility index (Phi) is 4.54. The van der Waals surface area contributed by atoms with Crippen LogP contribution in [0.25, 0.3) is 0 Å². The van der Waals surface area contributed by atoms with E-state index in [2.05, 4.69) is 6.92 Å². The summed E-state index contributed by atoms with van der Waals surface area (Å²) in [5.41, 5.74) is -0.464. The molecule has 1 amide bonds. The number of rotatable bonds is 5. The zero-order chi connectivity index (χ0) is 13.1. The highest BCUT2D eigenvalue weighted by atomic mass is 16.6. The Morgan fingerprint density at radius 3 is 2.65 bits per heavy atom. The van der Waals surface area contributed by atoms with E-state index in [1.54, 1.807) is 0 Å². The summed E-state index contributed by atoms with van der Waals surface area (Å²) in [5.74, 6) is 0.237. The predicted molar refractivity (Wildman–Crippen MR) is 65.4 cm³/mol. The van der Waals surface area contributed by atoms with E-state index in [0.717, 1.165) is 25.9 Å². The SMILES string of the molecule is CC(=O)OC(C)(C)[C@H](C)CCN1CCCC1=O. The van der Waals surface area contributed by atoms with Gasteiger partial charge < -0.3 is 9.64 Å². The highest BCUT2D eigenvalue weighted by Gasteiger charge is 2.30. The molecule has 0 radical (unpaired) electrons. The Hall–Kier alpha value is -1.06. The van der Waals surface area contributed by atoms with Gasteiger partial charge in [-0.1, -0.05) is 6.92 Å². The molecule has 1 fully saturated rings. The largest absolute Gasteiger partial charge is 0.460 e. The number of carbonyl (C=O) groups excluding carboxylic acids is 2. The normalized spacial score (nSPS) is 18.4. The second-order valence-corrected chi connectivity index (χ2v) is 5.37. The molecule has 0 bridgehead atoms. The second kappa shape index (κ2) is 5.52. The molecule has 0 N–H and O–H groups in total. The fourth-order valence-corrected chi connectivity index (χ4v) is 2.11. The topological polar surface area (TPSA) is 46.6 Å². The van der Waals surface area contributed by atoms with Crippen LogP contribution in [-0.2, 0) is 14.3 Å². The van der Waals surface area contributed by atoms with Crippen LogP contribution >= 0.6 is 0 Å². The first kappa shape index (κ1) is 14.0. The summed E-state index contributed by atoms with van der Waals surface area (Å²) < 4.78 is 5.30. The maximum atomic E-state index is 11.5. The first-order chi connectivity index (χ1) is 7.83. The highest BCUT2D eigenvalue weighted by Crippen LogP contribution is 2.25. The van der Waals surface area contributed by atoms with Crippen molar-refractivity contribution in [1.82, 2.24) is 4.90 Å². The number of likely N-dealkylation sites (tertiary alicyclic amines) is 1. The Morgan fingerprint density at radius 2 is 2.18 bits per heavy atom. The van der Waals surface area contributed by atoms with Crippen molar-refractivity contribution >= 4 is 11.9 Å². The van der Waals surface area contributed by atoms with Crippen molar-refractivity contribution < 1.29 is 14.3 Å². The molecule has 0 saturated carbocycles. The summed E-state index contributed by atoms with van der Waals surface area (Å²) in [6.45, 7) is 8.97. The van der Waals surface area contributed by atoms with Gasteiger partial charge in [0.1, 0.15) is 5.60 Å². The van der Waals surface area contributed by atoms with Crippen LogP contribution in [0.3, 0.4) is 0 Å². The van der Waals surface area contributed by atoms with Gasteiger partial charge in [-0.15, -0.1) is 0 Å². The van der Waals surface area contributed by atoms with E-state index in [-0.39, 0.29) is 17.8 Å². The Labute approximate surface area is 103 Å². The van der Waals surface area contributed by atoms with Crippen molar-refractivity contribution in [1.29, 1.82) is 0 Å². The van der Waals surface area contributed by atoms with Crippen molar-refractivity contribution in [2.24, 2.45) is 5.92 Å². The molecule has 4 heteroatoms. The number of carbonyl (C=O) groups is 2. The molecule has 0 spiro atoms. The smallest absolute Gasteiger partial charge is 0.303 e. The summed E-state index contributed by atoms with van der Waals surface area (Å²) in [5, 5.41) is 0. The molecule has 1 heterocycles. The number of hydrogen-bond donors (Lipinski definition) is 0. The quantitative estimate of drug-likeness (QED) is 0.691. The van der Waals surface area contributed by atoms with E-state index >= 15 is 0 Å². The van der Waals surface area contributed by atoms with Gasteiger partial charge in [0.25, 0.3) is 0 Å². The van der Waals surface area contributed by atoms with E-state index in [0.29, 0.717) is 6.42 Å². The van der Waals surface area contributed by atoms with E-state index in [9.17, 15) is 9.59 Å². The van der Waals surface area contributed by atoms with Gasteiger partial charge in [0.2, 0.25) is 5.91 Å². The van der Waals surface area contributed by atoms with Crippen LogP contribution in [0.1, 0.15) is 47.0 Å². The minimum absolute atomic E-state index is 0.236. The lowest BCUT2D eigenvalue weighted by molar-refractivity contribution is -0.158. The third kappa shape index (κ3) is 4.02. The van der Waals surface area contributed by atoms with E-state index in [1.165, 1.54) is 6.92 Å². The fraction of sp³-hybridized carbons (Fsp3) is 0.846. The molecule has 1 aliphatic rings. The molecule has 0 aromatic carbocycles. The maximum Gasteiger partial charge on any atom is 0.303 e. The number of ether oxygens (including phenoxy) is 1. The fourth-order valence-electron chi connectivity index (χ4n) is 2.11. The molecule has 4 nitrogen and oxygen atoms in total. The number of esters is 1. The lowest BCUT2D eigenvalue weighted by Crippen LogP contribution is -2.37. The summed E-state index contributed by atoms with van der Waals surface area (Å²) in [4.78, 5) is 24.3. The highest BCUT2D eigenvalue weighted by molar-refractivity contribution is 5.78. The second-order valence-electron chi connectivity index (χ2n) is 5.37. The monoisotopic (exact) mass is 241 g/mol. The van der Waals surface area contributed by atoms with Crippen LogP contribution in [0.4, 0.5) is 0 Å². The molecule has 0 unspecified atom stereocenters. The molecule has 1 rings (SSSR count). The number of nitrogens with zero attached hydrogens (tertiary/aromatic N) is 1. The van der Waals surface area contributed by atoms with Crippen molar-refractivity contribution in [3.63, 3.8) is 0 Å². The van der Waals surface area contributed by atoms with Crippen LogP contribution in [0, 0.1) is 5.92 Å². The van der Waals surface area contributed by atoms with E-state index in [1.807, 2.05) is 18.7 Å². The van der Waals surface area contributed by atoms with Crippen molar-refractivity contribution in [2.75, 3.05) is 13.1 Å². The van der Waals surface area contributed by atoms with Gasteiger partial charge in [-0.05, 0) is 32.6 Å². The standard InChI is InChI=1S/C13H23NO3/c1-10(13(3,4)17-11(2)15)7-9-14-8-5-6-12(14)16/h10H,5-9H2,1-4H3/t10-/m1/s1. The van der Waals surface area contributed by atoms with Crippen LogP contribution in [0.5, 0.6) is 0 Å². The lowest BCUT2D eigenvalue weighted by atomic mass is 9.89. The number of hydrogen-bond acceptors (Lipinski definition) is 3. The molecule has 1 aliphatic heterocycles. The Balaban J connectivity index is 2.40. The molecule has 17 heavy (non-hydrogen) atoms. The van der Waals surface area contributed by atoms with E-state index < -0.39 is 5.60 Å². The summed E-state index contributed by atoms with van der Waals surface area (Å²) in [6.07, 6.45) is 2.52. The van der Waals surface area contributed by atoms with Gasteiger partial charge in [-0.3, -0.25) is 9.59 Å². The van der Waals surface area contributed by atoms with Crippen LogP contribution in [0.2, 0.25) is 0 Å². The van der Waals surface area contributed by atoms with Gasteiger partial charge in [0, 0.05) is 26.4 Å². The average molecular weight is 241 g/mol. The number of amides is 1. The molecule has 0 aliphatic carbocycles. The molecule has 1 saturated heterocycles. The zero-order valence-corrected chi connectivity index (χ0v) is 11.3. The van der Waals surface area contributed by atoms with Crippen molar-refractivity contribution in [3.05, 3.63) is 0 Å². The molecular weight excluding hydrogens is 218 g/mol. The molecule has 0 aromatic rings. The minimum Gasteiger partial charge on any atom is -0.460 e. The van der Waals surface area contributed by atoms with E-state index in [4.69, 9.17) is 4.74 Å². The average Bonchev–Trinajstić information content (AvgIpc) is 2.58. The first-order valence-electron chi connectivity index (χ1n) is 6.30. The van der Waals surface area contributed by atoms with Crippen molar-refractivity contribution in [3.8, 4) is 0 Å². The third-order valence-electron chi connectivity index (χ3n) is 3.60. The van der Waals surface area contributed by atoms with Crippen LogP contribution in [0.15, 0.2) is 0 Å². The lowest BCUT2D eigenvalue weighted by Gasteiger charge is -2.32. The van der Waals surface area contributed by atoms with Crippen LogP contribution in [-0.4, -0.2) is 35.5 Å². The summed E-state index contributed by atoms with van der Waals surface area (Å²) in [7, 11) is 0. The Bertz CT molecular complexity index is 299. The van der Waals surface area contributed by atoms with Gasteiger partial charge in [-0.25, -0.2) is 0 Å². The van der Waals surface area contributed by atoms with Gasteiger partial charge in [0.15, 0.2) is 0 Å². The molecular formula is C13H23NO3. The Morgan fingerprint density at radius 1 is 1.53 bits per heavy atom. The van der Waals surface area contributed by atoms with Crippen molar-refractivity contribution in [2.45, 2.75) is 52.6 Å². The first-order valence-corrected chi connectivity index (χ1v) is 6.30. The van der Waals surface area contributed by atoms with Gasteiger partial charge >= 0.3 is 5.97 Å². The summed E-state index contributed by atoms with van der Waals surface area (Å²) in [6, 6.07) is 0. The van der Waals surface area contributed by atoms with Gasteiger partial charge in [-0.2, -0.15) is 0 Å². The molecule has 1 atom stereocenters.